The number of hydrogen-bond donors (Lipinski definition) is 2. The molecule has 0 aromatic carbocycles. The lowest BCUT2D eigenvalue weighted by Crippen LogP contribution is -2.53. The van der Waals surface area contributed by atoms with Crippen LogP contribution in [-0.2, 0) is 0 Å². The quantitative estimate of drug-likeness (QED) is 0.565. The van der Waals surface area contributed by atoms with Crippen molar-refractivity contribution in [1.29, 1.82) is 0 Å². The summed E-state index contributed by atoms with van der Waals surface area (Å²) in [5.41, 5.74) is 6.55. The summed E-state index contributed by atoms with van der Waals surface area (Å²) in [6.45, 7) is 10.6. The molecule has 0 spiro atoms. The Morgan fingerprint density at radius 1 is 1.44 bits per heavy atom. The normalized spacial score (nSPS) is 32.2. The Bertz CT molecular complexity index is 285. The first kappa shape index (κ1) is 13.5. The molecule has 1 rings (SSSR count). The molecule has 92 valence electrons. The lowest BCUT2D eigenvalue weighted by Gasteiger charge is -2.34. The van der Waals surface area contributed by atoms with Crippen molar-refractivity contribution >= 4 is 0 Å². The zero-order valence-electron chi connectivity index (χ0n) is 11.2. The summed E-state index contributed by atoms with van der Waals surface area (Å²) in [4.78, 5) is 0. The second-order valence-electron chi connectivity index (χ2n) is 5.91. The predicted molar refractivity (Wildman–Crippen MR) is 70.0 cm³/mol. The molecule has 16 heavy (non-hydrogen) atoms. The minimum Gasteiger partial charge on any atom is -0.329 e. The first-order valence-corrected chi connectivity index (χ1v) is 6.30. The third kappa shape index (κ3) is 2.99. The lowest BCUT2D eigenvalue weighted by molar-refractivity contribution is 0.259. The number of nitrogens with two attached hydrogens (primary N) is 1. The van der Waals surface area contributed by atoms with E-state index in [0.29, 0.717) is 11.3 Å². The molecule has 0 heterocycles. The summed E-state index contributed by atoms with van der Waals surface area (Å²) in [6, 6.07) is 0. The van der Waals surface area contributed by atoms with Crippen molar-refractivity contribution < 1.29 is 0 Å². The highest BCUT2D eigenvalue weighted by Crippen LogP contribution is 2.46. The molecular formula is C14H26N2. The minimum absolute atomic E-state index is 0.138. The third-order valence-corrected chi connectivity index (χ3v) is 3.86. The average Bonchev–Trinajstić information content (AvgIpc) is 2.44. The molecule has 1 aliphatic carbocycles. The van der Waals surface area contributed by atoms with Crippen molar-refractivity contribution in [2.24, 2.45) is 17.1 Å². The van der Waals surface area contributed by atoms with Gasteiger partial charge in [0, 0.05) is 25.0 Å². The van der Waals surface area contributed by atoms with E-state index >= 15 is 0 Å². The molecule has 0 radical (unpaired) electrons. The Balaban J connectivity index is 2.59. The molecule has 1 fully saturated rings. The fourth-order valence-corrected chi connectivity index (χ4v) is 3.21. The lowest BCUT2D eigenvalue weighted by atomic mass is 9.86. The largest absolute Gasteiger partial charge is 0.329 e. The zero-order valence-corrected chi connectivity index (χ0v) is 11.2. The van der Waals surface area contributed by atoms with Crippen LogP contribution in [0.1, 0.15) is 47.0 Å². The molecule has 2 heteroatoms. The van der Waals surface area contributed by atoms with Gasteiger partial charge >= 0.3 is 0 Å². The van der Waals surface area contributed by atoms with E-state index in [1.165, 1.54) is 12.8 Å². The Labute approximate surface area is 100 Å². The van der Waals surface area contributed by atoms with Crippen LogP contribution in [0.3, 0.4) is 0 Å². The molecule has 2 atom stereocenters. The van der Waals surface area contributed by atoms with Crippen molar-refractivity contribution in [2.45, 2.75) is 52.5 Å². The summed E-state index contributed by atoms with van der Waals surface area (Å²) in [5.74, 6) is 6.68. The van der Waals surface area contributed by atoms with Crippen molar-refractivity contribution in [3.05, 3.63) is 0 Å². The highest BCUT2D eigenvalue weighted by molar-refractivity contribution is 5.05. The van der Waals surface area contributed by atoms with Gasteiger partial charge in [-0.2, -0.15) is 0 Å². The second-order valence-corrected chi connectivity index (χ2v) is 5.91. The topological polar surface area (TPSA) is 38.0 Å². The molecule has 0 aromatic heterocycles. The van der Waals surface area contributed by atoms with E-state index in [9.17, 15) is 0 Å². The van der Waals surface area contributed by atoms with Gasteiger partial charge in [0.2, 0.25) is 0 Å². The summed E-state index contributed by atoms with van der Waals surface area (Å²) >= 11 is 0. The van der Waals surface area contributed by atoms with Gasteiger partial charge < -0.3 is 11.1 Å². The Morgan fingerprint density at radius 2 is 2.12 bits per heavy atom. The van der Waals surface area contributed by atoms with Crippen molar-refractivity contribution in [2.75, 3.05) is 13.1 Å². The first-order chi connectivity index (χ1) is 7.46. The Kier molecular flexibility index (Phi) is 4.41. The van der Waals surface area contributed by atoms with Gasteiger partial charge in [-0.25, -0.2) is 0 Å². The summed E-state index contributed by atoms with van der Waals surface area (Å²) in [7, 11) is 0. The predicted octanol–water partition coefficient (Wildman–Crippen LogP) is 2.14. The van der Waals surface area contributed by atoms with E-state index in [0.717, 1.165) is 19.5 Å². The van der Waals surface area contributed by atoms with Crippen LogP contribution >= 0.6 is 0 Å². The van der Waals surface area contributed by atoms with E-state index in [-0.39, 0.29) is 5.54 Å². The van der Waals surface area contributed by atoms with E-state index in [1.54, 1.807) is 0 Å². The Hall–Kier alpha value is -0.520. The van der Waals surface area contributed by atoms with Gasteiger partial charge in [-0.05, 0) is 31.1 Å². The molecule has 0 amide bonds. The van der Waals surface area contributed by atoms with Gasteiger partial charge in [0.25, 0.3) is 0 Å². The van der Waals surface area contributed by atoms with Gasteiger partial charge in [0.15, 0.2) is 0 Å². The van der Waals surface area contributed by atoms with E-state index < -0.39 is 0 Å². The first-order valence-electron chi connectivity index (χ1n) is 6.30. The fraction of sp³-hybridized carbons (Fsp3) is 0.857. The van der Waals surface area contributed by atoms with Crippen LogP contribution in [0.5, 0.6) is 0 Å². The molecule has 1 aliphatic rings. The number of nitrogens with one attached hydrogen (secondary N) is 1. The molecule has 0 saturated heterocycles. The Morgan fingerprint density at radius 3 is 2.56 bits per heavy atom. The highest BCUT2D eigenvalue weighted by atomic mass is 15.0. The van der Waals surface area contributed by atoms with Crippen molar-refractivity contribution in [3.63, 3.8) is 0 Å². The van der Waals surface area contributed by atoms with Gasteiger partial charge in [0.1, 0.15) is 0 Å². The van der Waals surface area contributed by atoms with Crippen LogP contribution in [0.15, 0.2) is 0 Å². The fourth-order valence-electron chi connectivity index (χ4n) is 3.21. The summed E-state index contributed by atoms with van der Waals surface area (Å²) < 4.78 is 0. The molecule has 2 nitrogen and oxygen atoms in total. The van der Waals surface area contributed by atoms with Crippen molar-refractivity contribution in [3.8, 4) is 11.8 Å². The standard InChI is InChI=1S/C14H26N2/c1-5-6-7-8-16-14(11-15)10-13(3,4)9-12(14)2/h12,16H,7-11,15H2,1-4H3. The molecule has 1 saturated carbocycles. The maximum absolute atomic E-state index is 6.00. The third-order valence-electron chi connectivity index (χ3n) is 3.86. The average molecular weight is 222 g/mol. The van der Waals surface area contributed by atoms with Crippen LogP contribution in [0.25, 0.3) is 0 Å². The van der Waals surface area contributed by atoms with Crippen LogP contribution in [0, 0.1) is 23.2 Å². The van der Waals surface area contributed by atoms with Gasteiger partial charge in [-0.1, -0.05) is 20.8 Å². The van der Waals surface area contributed by atoms with Gasteiger partial charge in [-0.3, -0.25) is 0 Å². The van der Waals surface area contributed by atoms with E-state index in [2.05, 4.69) is 37.9 Å². The molecular weight excluding hydrogens is 196 g/mol. The van der Waals surface area contributed by atoms with E-state index in [1.807, 2.05) is 6.92 Å². The number of hydrogen-bond acceptors (Lipinski definition) is 2. The monoisotopic (exact) mass is 222 g/mol. The van der Waals surface area contributed by atoms with Crippen LogP contribution in [0.4, 0.5) is 0 Å². The minimum atomic E-state index is 0.138. The second kappa shape index (κ2) is 5.21. The maximum atomic E-state index is 6.00. The molecule has 0 aliphatic heterocycles. The van der Waals surface area contributed by atoms with Crippen LogP contribution < -0.4 is 11.1 Å². The van der Waals surface area contributed by atoms with E-state index in [4.69, 9.17) is 5.73 Å². The van der Waals surface area contributed by atoms with Crippen LogP contribution in [0.2, 0.25) is 0 Å². The summed E-state index contributed by atoms with van der Waals surface area (Å²) in [5, 5.41) is 3.66. The van der Waals surface area contributed by atoms with Crippen LogP contribution in [-0.4, -0.2) is 18.6 Å². The van der Waals surface area contributed by atoms with Gasteiger partial charge in [0.05, 0.1) is 0 Å². The zero-order chi connectivity index (χ0) is 12.2. The molecule has 3 N–H and O–H groups in total. The SMILES string of the molecule is CC#CCCNC1(CN)CC(C)(C)CC1C. The summed E-state index contributed by atoms with van der Waals surface area (Å²) in [6.07, 6.45) is 3.36. The van der Waals surface area contributed by atoms with Gasteiger partial charge in [-0.15, -0.1) is 11.8 Å². The molecule has 2 unspecified atom stereocenters. The highest BCUT2D eigenvalue weighted by Gasteiger charge is 2.47. The molecule has 0 aromatic rings. The van der Waals surface area contributed by atoms with Crippen molar-refractivity contribution in [1.82, 2.24) is 5.32 Å². The molecule has 0 bridgehead atoms. The maximum Gasteiger partial charge on any atom is 0.0335 e. The smallest absolute Gasteiger partial charge is 0.0335 e. The number of rotatable bonds is 4.